The summed E-state index contributed by atoms with van der Waals surface area (Å²) >= 11 is 0. The minimum atomic E-state index is -2.59. The number of halogens is 2. The molecule has 3 aliphatic carbocycles. The van der Waals surface area contributed by atoms with Crippen LogP contribution in [0.1, 0.15) is 52.4 Å². The Balaban J connectivity index is 1.48. The van der Waals surface area contributed by atoms with Crippen LogP contribution in [0.4, 0.5) is 8.78 Å². The average molecular weight is 366 g/mol. The zero-order chi connectivity index (χ0) is 18.9. The van der Waals surface area contributed by atoms with E-state index in [0.29, 0.717) is 50.9 Å². The summed E-state index contributed by atoms with van der Waals surface area (Å²) in [4.78, 5) is 27.1. The predicted molar refractivity (Wildman–Crippen MR) is 93.2 cm³/mol. The Hall–Kier alpha value is -1.46. The quantitative estimate of drug-likeness (QED) is 0.776. The number of ketones is 1. The van der Waals surface area contributed by atoms with Crippen LogP contribution in [0.25, 0.3) is 0 Å². The van der Waals surface area contributed by atoms with Crippen molar-refractivity contribution in [3.05, 3.63) is 11.8 Å². The van der Waals surface area contributed by atoms with Gasteiger partial charge in [-0.05, 0) is 44.6 Å². The molecule has 4 aliphatic rings. The summed E-state index contributed by atoms with van der Waals surface area (Å²) in [6, 6.07) is 0. The minimum absolute atomic E-state index is 0.0240. The highest BCUT2D eigenvalue weighted by molar-refractivity contribution is 5.99. The Morgan fingerprint density at radius 2 is 1.85 bits per heavy atom. The molecular weight excluding hydrogens is 338 g/mol. The third kappa shape index (κ3) is 2.59. The molecule has 1 heterocycles. The number of amides is 1. The molecule has 0 aromatic rings. The second-order valence-electron chi connectivity index (χ2n) is 9.68. The van der Waals surface area contributed by atoms with Gasteiger partial charge in [0.2, 0.25) is 5.91 Å². The van der Waals surface area contributed by atoms with E-state index in [0.717, 1.165) is 6.42 Å². The summed E-state index contributed by atoms with van der Waals surface area (Å²) in [7, 11) is 0. The lowest BCUT2D eigenvalue weighted by atomic mass is 9.65. The number of Topliss-reactive ketones (excluding diaryl/α,β-unsaturated/α-hetero) is 1. The molecule has 0 aromatic carbocycles. The number of nitrogens with zero attached hydrogens (tertiary/aromatic N) is 1. The molecule has 2 unspecified atom stereocenters. The molecule has 4 nitrogen and oxygen atoms in total. The monoisotopic (exact) mass is 366 g/mol. The van der Waals surface area contributed by atoms with Crippen LogP contribution in [-0.2, 0) is 9.59 Å². The van der Waals surface area contributed by atoms with E-state index < -0.39 is 23.2 Å². The zero-order valence-corrected chi connectivity index (χ0v) is 15.6. The van der Waals surface area contributed by atoms with Crippen molar-refractivity contribution in [2.45, 2.75) is 58.3 Å². The first-order chi connectivity index (χ1) is 12.0. The fourth-order valence-corrected chi connectivity index (χ4v) is 6.06. The van der Waals surface area contributed by atoms with E-state index in [-0.39, 0.29) is 23.0 Å². The van der Waals surface area contributed by atoms with Gasteiger partial charge in [0, 0.05) is 41.7 Å². The third-order valence-corrected chi connectivity index (χ3v) is 7.27. The lowest BCUT2D eigenvalue weighted by Gasteiger charge is -2.39. The molecule has 2 N–H and O–H groups in total. The topological polar surface area (TPSA) is 63.4 Å². The average Bonchev–Trinajstić information content (AvgIpc) is 2.95. The fraction of sp³-hybridized carbons (Fsp3) is 0.800. The number of alkyl halides is 2. The van der Waals surface area contributed by atoms with Crippen LogP contribution in [-0.4, -0.2) is 35.6 Å². The summed E-state index contributed by atoms with van der Waals surface area (Å²) in [5.41, 5.74) is 5.49. The van der Waals surface area contributed by atoms with Gasteiger partial charge in [0.15, 0.2) is 5.78 Å². The summed E-state index contributed by atoms with van der Waals surface area (Å²) < 4.78 is 28.3. The second-order valence-corrected chi connectivity index (χ2v) is 9.68. The molecule has 2 bridgehead atoms. The molecule has 0 radical (unpaired) electrons. The normalized spacial score (nSPS) is 40.8. The number of rotatable bonds is 1. The first-order valence-electron chi connectivity index (χ1n) is 9.74. The lowest BCUT2D eigenvalue weighted by Crippen LogP contribution is -2.45. The summed E-state index contributed by atoms with van der Waals surface area (Å²) in [5, 5.41) is 0. The van der Waals surface area contributed by atoms with Crippen molar-refractivity contribution < 1.29 is 18.4 Å². The van der Waals surface area contributed by atoms with Crippen LogP contribution in [0.2, 0.25) is 0 Å². The maximum atomic E-state index is 14.1. The van der Waals surface area contributed by atoms with Crippen molar-refractivity contribution in [3.8, 4) is 0 Å². The van der Waals surface area contributed by atoms with Crippen molar-refractivity contribution >= 4 is 11.7 Å². The molecule has 1 amide bonds. The highest BCUT2D eigenvalue weighted by Crippen LogP contribution is 2.55. The van der Waals surface area contributed by atoms with Crippen molar-refractivity contribution in [2.75, 3.05) is 13.1 Å². The number of hydrogen-bond donors (Lipinski definition) is 1. The van der Waals surface area contributed by atoms with Gasteiger partial charge in [-0.25, -0.2) is 8.78 Å². The van der Waals surface area contributed by atoms with E-state index in [1.165, 1.54) is 0 Å². The van der Waals surface area contributed by atoms with Gasteiger partial charge in [-0.2, -0.15) is 0 Å². The molecule has 1 spiro atoms. The van der Waals surface area contributed by atoms with Gasteiger partial charge >= 0.3 is 0 Å². The van der Waals surface area contributed by atoms with Gasteiger partial charge in [-0.15, -0.1) is 0 Å². The first-order valence-corrected chi connectivity index (χ1v) is 9.74. The second kappa shape index (κ2) is 5.52. The van der Waals surface area contributed by atoms with E-state index in [9.17, 15) is 18.4 Å². The number of carbonyl (C=O) groups is 2. The molecule has 26 heavy (non-hydrogen) atoms. The van der Waals surface area contributed by atoms with Gasteiger partial charge in [-0.1, -0.05) is 13.8 Å². The van der Waals surface area contributed by atoms with Gasteiger partial charge in [0.25, 0.3) is 5.92 Å². The van der Waals surface area contributed by atoms with Gasteiger partial charge in [0.05, 0.1) is 5.70 Å². The predicted octanol–water partition coefficient (Wildman–Crippen LogP) is 3.12. The molecule has 4 rings (SSSR count). The van der Waals surface area contributed by atoms with Crippen LogP contribution in [0.3, 0.4) is 0 Å². The molecule has 1 saturated heterocycles. The number of nitrogens with two attached hydrogens (primary N) is 1. The Morgan fingerprint density at radius 3 is 2.42 bits per heavy atom. The van der Waals surface area contributed by atoms with E-state index in [4.69, 9.17) is 5.73 Å². The van der Waals surface area contributed by atoms with E-state index in [1.54, 1.807) is 0 Å². The largest absolute Gasteiger partial charge is 0.396 e. The number of carbonyl (C=O) groups excluding carboxylic acids is 2. The summed E-state index contributed by atoms with van der Waals surface area (Å²) in [6.45, 7) is 4.98. The Kier molecular flexibility index (Phi) is 3.81. The van der Waals surface area contributed by atoms with Gasteiger partial charge < -0.3 is 10.6 Å². The standard InChI is InChI=1S/C20H28F2N2O2/c1-18(2)10-19(9-15(23)16(18)25)5-6-24(11-19)17(26)12-7-13-3-4-14(8-12)20(13,21)22/h9,12-14H,3-8,10-11,23H2,1-2H3/t12?,13?,14?,19-/m1/s1. The first kappa shape index (κ1) is 17.9. The maximum absolute atomic E-state index is 14.1. The molecule has 3 fully saturated rings. The van der Waals surface area contributed by atoms with Crippen LogP contribution >= 0.6 is 0 Å². The fourth-order valence-electron chi connectivity index (χ4n) is 6.06. The summed E-state index contributed by atoms with van der Waals surface area (Å²) in [6.07, 6.45) is 5.03. The maximum Gasteiger partial charge on any atom is 0.253 e. The molecule has 6 heteroatoms. The van der Waals surface area contributed by atoms with E-state index in [2.05, 4.69) is 0 Å². The van der Waals surface area contributed by atoms with Crippen LogP contribution in [0.15, 0.2) is 11.8 Å². The molecule has 1 aliphatic heterocycles. The number of hydrogen-bond acceptors (Lipinski definition) is 3. The van der Waals surface area contributed by atoms with Crippen molar-refractivity contribution in [2.24, 2.45) is 34.3 Å². The third-order valence-electron chi connectivity index (χ3n) is 7.27. The highest BCUT2D eigenvalue weighted by atomic mass is 19.3. The molecule has 0 aromatic heterocycles. The van der Waals surface area contributed by atoms with Crippen LogP contribution < -0.4 is 5.73 Å². The van der Waals surface area contributed by atoms with Crippen LogP contribution in [0, 0.1) is 28.6 Å². The Bertz CT molecular complexity index is 671. The van der Waals surface area contributed by atoms with E-state index in [1.807, 2.05) is 24.8 Å². The molecular formula is C20H28F2N2O2. The van der Waals surface area contributed by atoms with E-state index >= 15 is 0 Å². The molecule has 2 saturated carbocycles. The Morgan fingerprint density at radius 1 is 1.23 bits per heavy atom. The molecule has 3 atom stereocenters. The smallest absolute Gasteiger partial charge is 0.253 e. The number of likely N-dealkylation sites (tertiary alicyclic amines) is 1. The van der Waals surface area contributed by atoms with Crippen molar-refractivity contribution in [1.29, 1.82) is 0 Å². The van der Waals surface area contributed by atoms with Crippen LogP contribution in [0.5, 0.6) is 0 Å². The number of fused-ring (bicyclic) bond motifs is 2. The number of allylic oxidation sites excluding steroid dienone is 1. The molecule has 144 valence electrons. The highest BCUT2D eigenvalue weighted by Gasteiger charge is 2.58. The zero-order valence-electron chi connectivity index (χ0n) is 15.6. The Labute approximate surface area is 153 Å². The SMILES string of the molecule is CC1(C)C[C@]2(C=C(N)C1=O)CCN(C(=O)C1CC3CCC(C1)C3(F)F)C2. The minimum Gasteiger partial charge on any atom is -0.396 e. The van der Waals surface area contributed by atoms with Gasteiger partial charge in [0.1, 0.15) is 0 Å². The van der Waals surface area contributed by atoms with Gasteiger partial charge in [-0.3, -0.25) is 9.59 Å². The lowest BCUT2D eigenvalue weighted by molar-refractivity contribution is -0.147. The summed E-state index contributed by atoms with van der Waals surface area (Å²) in [5.74, 6) is -4.13. The van der Waals surface area contributed by atoms with Crippen molar-refractivity contribution in [3.63, 3.8) is 0 Å². The van der Waals surface area contributed by atoms with Crippen molar-refractivity contribution in [1.82, 2.24) is 4.90 Å².